The Morgan fingerprint density at radius 1 is 1.19 bits per heavy atom. The number of carbonyl (C=O) groups excluding carboxylic acids is 4. The van der Waals surface area contributed by atoms with Gasteiger partial charge in [0.1, 0.15) is 6.04 Å². The molecule has 0 spiro atoms. The smallest absolute Gasteiger partial charge is 0.330 e. The number of esters is 1. The summed E-state index contributed by atoms with van der Waals surface area (Å²) in [6, 6.07) is 5.39. The maximum absolute atomic E-state index is 12.6. The molecule has 1 heterocycles. The summed E-state index contributed by atoms with van der Waals surface area (Å²) < 4.78 is 5.23. The maximum Gasteiger partial charge on any atom is 0.330 e. The Kier molecular flexibility index (Phi) is 6.79. The number of fused-ring (bicyclic) bond motifs is 1. The van der Waals surface area contributed by atoms with E-state index in [-0.39, 0.29) is 17.5 Å². The van der Waals surface area contributed by atoms with Crippen LogP contribution < -0.4 is 5.32 Å². The number of likely N-dealkylation sites (N-methyl/N-ethyl adjacent to an activating group) is 1. The predicted molar refractivity (Wildman–Crippen MR) is 98.0 cm³/mol. The second-order valence-corrected chi connectivity index (χ2v) is 6.78. The van der Waals surface area contributed by atoms with Gasteiger partial charge in [-0.1, -0.05) is 12.1 Å². The number of thioether (sulfide) groups is 1. The van der Waals surface area contributed by atoms with Crippen LogP contribution in [0.1, 0.15) is 41.0 Å². The average Bonchev–Trinajstić information content (AvgIpc) is 2.87. The number of hydrogen-bond acceptors (Lipinski definition) is 6. The van der Waals surface area contributed by atoms with Crippen LogP contribution >= 0.6 is 11.8 Å². The lowest BCUT2D eigenvalue weighted by Gasteiger charge is -2.25. The van der Waals surface area contributed by atoms with Crippen molar-refractivity contribution in [2.24, 2.45) is 0 Å². The van der Waals surface area contributed by atoms with Crippen LogP contribution in [0.2, 0.25) is 0 Å². The molecule has 1 aromatic rings. The van der Waals surface area contributed by atoms with Crippen molar-refractivity contribution in [1.29, 1.82) is 0 Å². The summed E-state index contributed by atoms with van der Waals surface area (Å²) >= 11 is 1.49. The molecule has 2 rings (SSSR count). The highest BCUT2D eigenvalue weighted by Crippen LogP contribution is 2.26. The lowest BCUT2D eigenvalue weighted by molar-refractivity contribution is -0.158. The molecule has 140 valence electrons. The third kappa shape index (κ3) is 4.07. The van der Waals surface area contributed by atoms with E-state index in [2.05, 4.69) is 5.32 Å². The summed E-state index contributed by atoms with van der Waals surface area (Å²) in [7, 11) is 0. The summed E-state index contributed by atoms with van der Waals surface area (Å²) in [5.74, 6) is -1.65. The third-order valence-corrected chi connectivity index (χ3v) is 4.66. The van der Waals surface area contributed by atoms with E-state index in [9.17, 15) is 19.2 Å². The van der Waals surface area contributed by atoms with E-state index in [1.165, 1.54) is 18.7 Å². The highest BCUT2D eigenvalue weighted by atomic mass is 32.2. The first-order valence-corrected chi connectivity index (χ1v) is 9.75. The molecule has 0 aromatic heterocycles. The summed E-state index contributed by atoms with van der Waals surface area (Å²) in [6.07, 6.45) is 1.12. The summed E-state index contributed by atoms with van der Waals surface area (Å²) in [5, 5.41) is 2.57. The predicted octanol–water partition coefficient (Wildman–Crippen LogP) is 1.47. The van der Waals surface area contributed by atoms with Crippen molar-refractivity contribution in [2.45, 2.75) is 32.4 Å². The van der Waals surface area contributed by atoms with Crippen LogP contribution in [-0.4, -0.2) is 59.3 Å². The highest BCUT2D eigenvalue weighted by Gasteiger charge is 2.43. The topological polar surface area (TPSA) is 92.8 Å². The molecule has 2 atom stereocenters. The SMILES string of the molecule is CCNC(=O)[C@H](C)OC(=O)[C@@H](CCSC)N1C(=O)c2ccccc2C1=O. The summed E-state index contributed by atoms with van der Waals surface area (Å²) in [6.45, 7) is 3.62. The number of imide groups is 1. The van der Waals surface area contributed by atoms with E-state index in [0.29, 0.717) is 12.3 Å². The fourth-order valence-corrected chi connectivity index (χ4v) is 3.16. The molecule has 0 radical (unpaired) electrons. The van der Waals surface area contributed by atoms with Gasteiger partial charge in [-0.05, 0) is 44.4 Å². The van der Waals surface area contributed by atoms with Crippen LogP contribution in [0.4, 0.5) is 0 Å². The van der Waals surface area contributed by atoms with Gasteiger partial charge >= 0.3 is 5.97 Å². The minimum Gasteiger partial charge on any atom is -0.451 e. The molecule has 26 heavy (non-hydrogen) atoms. The Labute approximate surface area is 156 Å². The molecule has 0 saturated carbocycles. The zero-order valence-corrected chi connectivity index (χ0v) is 15.8. The first-order chi connectivity index (χ1) is 12.4. The van der Waals surface area contributed by atoms with Crippen molar-refractivity contribution in [2.75, 3.05) is 18.6 Å². The molecule has 0 saturated heterocycles. The monoisotopic (exact) mass is 378 g/mol. The van der Waals surface area contributed by atoms with Crippen LogP contribution in [-0.2, 0) is 14.3 Å². The number of nitrogens with one attached hydrogen (secondary N) is 1. The van der Waals surface area contributed by atoms with Gasteiger partial charge < -0.3 is 10.1 Å². The number of nitrogens with zero attached hydrogens (tertiary/aromatic N) is 1. The lowest BCUT2D eigenvalue weighted by Crippen LogP contribution is -2.48. The molecule has 7 nitrogen and oxygen atoms in total. The number of rotatable bonds is 8. The van der Waals surface area contributed by atoms with Gasteiger partial charge in [-0.2, -0.15) is 11.8 Å². The molecule has 1 N–H and O–H groups in total. The number of benzene rings is 1. The van der Waals surface area contributed by atoms with Crippen molar-refractivity contribution in [3.05, 3.63) is 35.4 Å². The quantitative estimate of drug-likeness (QED) is 0.544. The van der Waals surface area contributed by atoms with Gasteiger partial charge in [-0.25, -0.2) is 4.79 Å². The number of ether oxygens (including phenoxy) is 1. The third-order valence-electron chi connectivity index (χ3n) is 4.02. The van der Waals surface area contributed by atoms with E-state index in [1.807, 2.05) is 6.26 Å². The fraction of sp³-hybridized carbons (Fsp3) is 0.444. The van der Waals surface area contributed by atoms with Gasteiger partial charge in [0.05, 0.1) is 11.1 Å². The fourth-order valence-electron chi connectivity index (χ4n) is 2.70. The minimum atomic E-state index is -1.06. The number of carbonyl (C=O) groups is 4. The van der Waals surface area contributed by atoms with E-state index >= 15 is 0 Å². The van der Waals surface area contributed by atoms with Crippen molar-refractivity contribution >= 4 is 35.5 Å². The van der Waals surface area contributed by atoms with Crippen molar-refractivity contribution < 1.29 is 23.9 Å². The molecule has 0 unspecified atom stereocenters. The van der Waals surface area contributed by atoms with Crippen LogP contribution in [0.15, 0.2) is 24.3 Å². The first kappa shape index (κ1) is 20.0. The molecule has 0 bridgehead atoms. The molecule has 0 fully saturated rings. The zero-order valence-electron chi connectivity index (χ0n) is 15.0. The Bertz CT molecular complexity index is 686. The average molecular weight is 378 g/mol. The van der Waals surface area contributed by atoms with Crippen LogP contribution in [0.3, 0.4) is 0 Å². The largest absolute Gasteiger partial charge is 0.451 e. The second-order valence-electron chi connectivity index (χ2n) is 5.80. The standard InChI is InChI=1S/C18H22N2O5S/c1-4-19-15(21)11(2)25-18(24)14(9-10-26-3)20-16(22)12-7-5-6-8-13(12)17(20)23/h5-8,11,14H,4,9-10H2,1-3H3,(H,19,21)/t11-,14+/m0/s1. The highest BCUT2D eigenvalue weighted by molar-refractivity contribution is 7.98. The van der Waals surface area contributed by atoms with Crippen molar-refractivity contribution in [1.82, 2.24) is 10.2 Å². The molecule has 0 aliphatic carbocycles. The Hall–Kier alpha value is -2.35. The summed E-state index contributed by atoms with van der Waals surface area (Å²) in [5.41, 5.74) is 0.549. The normalized spacial score (nSPS) is 15.4. The van der Waals surface area contributed by atoms with E-state index in [1.54, 1.807) is 31.2 Å². The summed E-state index contributed by atoms with van der Waals surface area (Å²) in [4.78, 5) is 50.7. The molecule has 1 aliphatic heterocycles. The maximum atomic E-state index is 12.6. The first-order valence-electron chi connectivity index (χ1n) is 8.36. The van der Waals surface area contributed by atoms with Gasteiger partial charge in [-0.3, -0.25) is 19.3 Å². The van der Waals surface area contributed by atoms with Crippen LogP contribution in [0.5, 0.6) is 0 Å². The van der Waals surface area contributed by atoms with Gasteiger partial charge in [0.2, 0.25) is 0 Å². The zero-order chi connectivity index (χ0) is 19.3. The van der Waals surface area contributed by atoms with Crippen LogP contribution in [0, 0.1) is 0 Å². The molecule has 3 amide bonds. The lowest BCUT2D eigenvalue weighted by atomic mass is 10.1. The Balaban J connectivity index is 2.22. The van der Waals surface area contributed by atoms with Gasteiger partial charge in [0.15, 0.2) is 6.10 Å². The molecule has 1 aliphatic rings. The van der Waals surface area contributed by atoms with Crippen molar-refractivity contribution in [3.63, 3.8) is 0 Å². The second kappa shape index (κ2) is 8.84. The van der Waals surface area contributed by atoms with Crippen molar-refractivity contribution in [3.8, 4) is 0 Å². The van der Waals surface area contributed by atoms with Gasteiger partial charge in [-0.15, -0.1) is 0 Å². The molecule has 1 aromatic carbocycles. The van der Waals surface area contributed by atoms with Gasteiger partial charge in [0, 0.05) is 6.54 Å². The number of amides is 3. The van der Waals surface area contributed by atoms with E-state index in [4.69, 9.17) is 4.74 Å². The Morgan fingerprint density at radius 2 is 1.77 bits per heavy atom. The van der Waals surface area contributed by atoms with Gasteiger partial charge in [0.25, 0.3) is 17.7 Å². The van der Waals surface area contributed by atoms with E-state index < -0.39 is 35.8 Å². The van der Waals surface area contributed by atoms with E-state index in [0.717, 1.165) is 4.90 Å². The minimum absolute atomic E-state index is 0.258. The molecular weight excluding hydrogens is 356 g/mol. The van der Waals surface area contributed by atoms with Crippen LogP contribution in [0.25, 0.3) is 0 Å². The molecule has 8 heteroatoms. The molecular formula is C18H22N2O5S. The number of hydrogen-bond donors (Lipinski definition) is 1. The Morgan fingerprint density at radius 3 is 2.27 bits per heavy atom.